The lowest BCUT2D eigenvalue weighted by molar-refractivity contribution is -0.138. The Morgan fingerprint density at radius 3 is 2.32 bits per heavy atom. The molecular formula is C27H27N3O3S. The lowest BCUT2D eigenvalue weighted by atomic mass is 9.82. The van der Waals surface area contributed by atoms with E-state index in [2.05, 4.69) is 23.3 Å². The molecule has 1 atom stereocenters. The number of hydrogen-bond donors (Lipinski definition) is 2. The molecule has 1 aliphatic rings. The molecule has 0 unspecified atom stereocenters. The van der Waals surface area contributed by atoms with Gasteiger partial charge in [-0.3, -0.25) is 4.79 Å². The number of nitriles is 1. The van der Waals surface area contributed by atoms with Gasteiger partial charge in [0.15, 0.2) is 0 Å². The number of nitrogens with one attached hydrogen (secondary N) is 2. The molecular weight excluding hydrogens is 446 g/mol. The van der Waals surface area contributed by atoms with Gasteiger partial charge in [0.1, 0.15) is 6.61 Å². The van der Waals surface area contributed by atoms with Crippen LogP contribution in [-0.2, 0) is 14.3 Å². The predicted molar refractivity (Wildman–Crippen MR) is 136 cm³/mol. The number of carbonyl (C=O) groups is 2. The number of nitrogens with zero attached hydrogens (tertiary/aromatic N) is 1. The first-order valence-corrected chi connectivity index (χ1v) is 11.8. The maximum absolute atomic E-state index is 12.9. The van der Waals surface area contributed by atoms with Gasteiger partial charge in [-0.2, -0.15) is 5.26 Å². The van der Waals surface area contributed by atoms with E-state index in [0.717, 1.165) is 16.7 Å². The summed E-state index contributed by atoms with van der Waals surface area (Å²) in [4.78, 5) is 25.4. The lowest BCUT2D eigenvalue weighted by Gasteiger charge is -2.29. The number of aryl methyl sites for hydroxylation is 2. The Hall–Kier alpha value is -3.76. The molecule has 34 heavy (non-hydrogen) atoms. The Morgan fingerprint density at radius 1 is 1.12 bits per heavy atom. The highest BCUT2D eigenvalue weighted by atomic mass is 32.2. The summed E-state index contributed by atoms with van der Waals surface area (Å²) in [5.41, 5.74) is 5.01. The highest BCUT2D eigenvalue weighted by Crippen LogP contribution is 2.41. The highest BCUT2D eigenvalue weighted by Gasteiger charge is 2.35. The summed E-state index contributed by atoms with van der Waals surface area (Å²) in [7, 11) is 0. The van der Waals surface area contributed by atoms with E-state index < -0.39 is 11.9 Å². The van der Waals surface area contributed by atoms with Crippen molar-refractivity contribution in [2.24, 2.45) is 0 Å². The van der Waals surface area contributed by atoms with E-state index in [0.29, 0.717) is 27.6 Å². The Balaban J connectivity index is 1.88. The zero-order chi connectivity index (χ0) is 24.7. The Kier molecular flexibility index (Phi) is 8.34. The quantitative estimate of drug-likeness (QED) is 0.409. The largest absolute Gasteiger partial charge is 0.458 e. The van der Waals surface area contributed by atoms with Crippen molar-refractivity contribution in [1.82, 2.24) is 5.32 Å². The van der Waals surface area contributed by atoms with Gasteiger partial charge in [0.25, 0.3) is 0 Å². The molecule has 0 saturated carbocycles. The summed E-state index contributed by atoms with van der Waals surface area (Å²) < 4.78 is 5.32. The molecule has 0 aliphatic carbocycles. The number of amides is 1. The van der Waals surface area contributed by atoms with Gasteiger partial charge in [0, 0.05) is 11.4 Å². The third-order valence-corrected chi connectivity index (χ3v) is 6.31. The van der Waals surface area contributed by atoms with Crippen molar-refractivity contribution in [3.05, 3.63) is 99.7 Å². The minimum Gasteiger partial charge on any atom is -0.458 e. The third kappa shape index (κ3) is 5.97. The minimum atomic E-state index is -0.605. The third-order valence-electron chi connectivity index (χ3n) is 5.29. The molecule has 0 spiro atoms. The fourth-order valence-electron chi connectivity index (χ4n) is 3.57. The van der Waals surface area contributed by atoms with Crippen molar-refractivity contribution in [2.45, 2.75) is 26.7 Å². The Labute approximate surface area is 204 Å². The van der Waals surface area contributed by atoms with Gasteiger partial charge in [-0.05, 0) is 38.5 Å². The molecule has 1 aliphatic heterocycles. The van der Waals surface area contributed by atoms with Gasteiger partial charge in [0.05, 0.1) is 33.9 Å². The molecule has 7 heteroatoms. The molecule has 0 radical (unpaired) electrons. The van der Waals surface area contributed by atoms with Crippen LogP contribution in [-0.4, -0.2) is 24.2 Å². The molecule has 2 aromatic rings. The van der Waals surface area contributed by atoms with Gasteiger partial charge >= 0.3 is 5.97 Å². The van der Waals surface area contributed by atoms with E-state index in [4.69, 9.17) is 4.74 Å². The van der Waals surface area contributed by atoms with Crippen molar-refractivity contribution in [3.8, 4) is 6.07 Å². The van der Waals surface area contributed by atoms with Gasteiger partial charge in [-0.1, -0.05) is 71.9 Å². The van der Waals surface area contributed by atoms with Crippen LogP contribution in [0.5, 0.6) is 0 Å². The smallest absolute Gasteiger partial charge is 0.337 e. The van der Waals surface area contributed by atoms with E-state index >= 15 is 0 Å². The summed E-state index contributed by atoms with van der Waals surface area (Å²) in [6, 6.07) is 17.5. The number of allylic oxidation sites excluding steroid dienone is 2. The summed E-state index contributed by atoms with van der Waals surface area (Å²) in [6.07, 6.45) is 1.50. The minimum absolute atomic E-state index is 0.0720. The summed E-state index contributed by atoms with van der Waals surface area (Å²) >= 11 is 1.23. The average Bonchev–Trinajstić information content (AvgIpc) is 2.82. The molecule has 0 bridgehead atoms. The number of benzene rings is 2. The Bertz CT molecular complexity index is 1190. The zero-order valence-electron chi connectivity index (χ0n) is 19.5. The van der Waals surface area contributed by atoms with E-state index in [1.54, 1.807) is 6.92 Å². The fourth-order valence-corrected chi connectivity index (χ4v) is 4.47. The monoisotopic (exact) mass is 473 g/mol. The second-order valence-electron chi connectivity index (χ2n) is 7.95. The first kappa shape index (κ1) is 24.9. The number of thioether (sulfide) groups is 1. The van der Waals surface area contributed by atoms with Crippen LogP contribution < -0.4 is 10.6 Å². The normalized spacial score (nSPS) is 15.3. The summed E-state index contributed by atoms with van der Waals surface area (Å²) in [5, 5.41) is 16.6. The molecule has 0 fully saturated rings. The zero-order valence-corrected chi connectivity index (χ0v) is 20.3. The topological polar surface area (TPSA) is 91.2 Å². The van der Waals surface area contributed by atoms with E-state index in [1.165, 1.54) is 17.8 Å². The molecule has 0 saturated heterocycles. The lowest BCUT2D eigenvalue weighted by Crippen LogP contribution is -2.29. The number of dihydropyridines is 1. The van der Waals surface area contributed by atoms with Crippen molar-refractivity contribution in [2.75, 3.05) is 17.7 Å². The van der Waals surface area contributed by atoms with Gasteiger partial charge in [-0.15, -0.1) is 0 Å². The highest BCUT2D eigenvalue weighted by molar-refractivity contribution is 8.03. The number of carbonyl (C=O) groups excluding carboxylic acids is 2. The maximum Gasteiger partial charge on any atom is 0.337 e. The van der Waals surface area contributed by atoms with Crippen LogP contribution in [0.2, 0.25) is 0 Å². The van der Waals surface area contributed by atoms with Gasteiger partial charge in [-0.25, -0.2) is 4.79 Å². The van der Waals surface area contributed by atoms with Crippen molar-refractivity contribution in [3.63, 3.8) is 0 Å². The van der Waals surface area contributed by atoms with Crippen LogP contribution in [0, 0.1) is 25.2 Å². The van der Waals surface area contributed by atoms with Crippen molar-refractivity contribution in [1.29, 1.82) is 5.26 Å². The number of esters is 1. The molecule has 174 valence electrons. The fraction of sp³-hybridized carbons (Fsp3) is 0.222. The molecule has 1 heterocycles. The van der Waals surface area contributed by atoms with Crippen LogP contribution in [0.1, 0.15) is 29.5 Å². The Morgan fingerprint density at radius 2 is 1.74 bits per heavy atom. The predicted octanol–water partition coefficient (Wildman–Crippen LogP) is 5.10. The van der Waals surface area contributed by atoms with Crippen LogP contribution in [0.15, 0.2) is 83.1 Å². The van der Waals surface area contributed by atoms with Gasteiger partial charge < -0.3 is 15.4 Å². The van der Waals surface area contributed by atoms with E-state index in [9.17, 15) is 14.9 Å². The molecule has 1 amide bonds. The van der Waals surface area contributed by atoms with E-state index in [1.807, 2.05) is 62.4 Å². The first-order chi connectivity index (χ1) is 16.3. The second-order valence-corrected chi connectivity index (χ2v) is 8.94. The van der Waals surface area contributed by atoms with Crippen LogP contribution in [0.3, 0.4) is 0 Å². The summed E-state index contributed by atoms with van der Waals surface area (Å²) in [5.74, 6) is -1.20. The molecule has 0 aromatic heterocycles. The standard InChI is InChI=1S/C27H27N3O3S/c1-5-14-33-27(32)24-19(4)29-26(22(15-28)25(24)20-10-6-17(2)7-11-20)34-16-23(31)30-21-12-8-18(3)9-13-21/h5-13,25,29H,1,14,16H2,2-4H3,(H,30,31)/t25-/m1/s1. The average molecular weight is 474 g/mol. The van der Waals surface area contributed by atoms with Crippen molar-refractivity contribution >= 4 is 29.3 Å². The number of anilines is 1. The maximum atomic E-state index is 12.9. The second kappa shape index (κ2) is 11.4. The molecule has 2 aromatic carbocycles. The molecule has 2 N–H and O–H groups in total. The van der Waals surface area contributed by atoms with Gasteiger partial charge in [0.2, 0.25) is 5.91 Å². The van der Waals surface area contributed by atoms with Crippen molar-refractivity contribution < 1.29 is 14.3 Å². The number of rotatable bonds is 8. The number of hydrogen-bond acceptors (Lipinski definition) is 6. The SMILES string of the molecule is C=CCOC(=O)C1=C(C)NC(SCC(=O)Nc2ccc(C)cc2)=C(C#N)[C@H]1c1ccc(C)cc1. The van der Waals surface area contributed by atoms with E-state index in [-0.39, 0.29) is 18.3 Å². The summed E-state index contributed by atoms with van der Waals surface area (Å²) in [6.45, 7) is 9.39. The van der Waals surface area contributed by atoms with Crippen LogP contribution in [0.4, 0.5) is 5.69 Å². The first-order valence-electron chi connectivity index (χ1n) is 10.8. The number of ether oxygens (including phenoxy) is 1. The molecule has 3 rings (SSSR count). The molecule has 6 nitrogen and oxygen atoms in total. The van der Waals surface area contributed by atoms with Crippen LogP contribution in [0.25, 0.3) is 0 Å². The van der Waals surface area contributed by atoms with Crippen LogP contribution >= 0.6 is 11.8 Å².